The van der Waals surface area contributed by atoms with Crippen LogP contribution in [0.5, 0.6) is 0 Å². The van der Waals surface area contributed by atoms with Crippen molar-refractivity contribution in [2.75, 3.05) is 0 Å². The van der Waals surface area contributed by atoms with E-state index in [1.165, 1.54) is 12.8 Å². The van der Waals surface area contributed by atoms with Gasteiger partial charge in [0.15, 0.2) is 0 Å². The third kappa shape index (κ3) is 1.77. The zero-order chi connectivity index (χ0) is 5.11. The number of rotatable bonds is 2. The summed E-state index contributed by atoms with van der Waals surface area (Å²) in [5, 5.41) is 0. The summed E-state index contributed by atoms with van der Waals surface area (Å²) in [5.74, 6) is 0.847. The first-order valence-electron chi connectivity index (χ1n) is 2.93. The smallest absolute Gasteiger partial charge is 0.0199 e. The Kier molecular flexibility index (Phi) is 1.50. The van der Waals surface area contributed by atoms with Crippen LogP contribution in [0.1, 0.15) is 19.8 Å². The molecule has 1 unspecified atom stereocenters. The van der Waals surface area contributed by atoms with Crippen molar-refractivity contribution in [3.63, 3.8) is 0 Å². The van der Waals surface area contributed by atoms with E-state index in [4.69, 9.17) is 0 Å². The molecule has 0 aromatic rings. The minimum absolute atomic E-state index is 0.847. The van der Waals surface area contributed by atoms with E-state index < -0.39 is 0 Å². The van der Waals surface area contributed by atoms with Crippen molar-refractivity contribution in [1.82, 2.24) is 0 Å². The molecule has 1 aliphatic carbocycles. The predicted octanol–water partition coefficient (Wildman–Crippen LogP) is 2.18. The van der Waals surface area contributed by atoms with Gasteiger partial charge in [-0.3, -0.25) is 0 Å². The lowest BCUT2D eigenvalue weighted by Crippen LogP contribution is -1.59. The van der Waals surface area contributed by atoms with Crippen LogP contribution in [0.3, 0.4) is 0 Å². The Morgan fingerprint density at radius 1 is 1.86 bits per heavy atom. The van der Waals surface area contributed by atoms with Crippen LogP contribution in [0.15, 0.2) is 12.2 Å². The molecule has 0 aromatic carbocycles. The summed E-state index contributed by atoms with van der Waals surface area (Å²) in [6.45, 7) is 2.17. The summed E-state index contributed by atoms with van der Waals surface area (Å²) in [6, 6.07) is 0. The summed E-state index contributed by atoms with van der Waals surface area (Å²) in [7, 11) is 0. The second kappa shape index (κ2) is 2.15. The van der Waals surface area contributed by atoms with Crippen LogP contribution in [0.4, 0.5) is 0 Å². The summed E-state index contributed by atoms with van der Waals surface area (Å²) in [4.78, 5) is 0. The van der Waals surface area contributed by atoms with Gasteiger partial charge in [0.05, 0.1) is 0 Å². The normalized spacial score (nSPS) is 21.3. The molecule has 0 aliphatic heterocycles. The molecule has 0 saturated heterocycles. The van der Waals surface area contributed by atoms with Crippen molar-refractivity contribution >= 4 is 0 Å². The average molecular weight is 95.2 g/mol. The molecule has 0 amide bonds. The largest absolute Gasteiger partial charge is 0.0885 e. The van der Waals surface area contributed by atoms with Gasteiger partial charge < -0.3 is 0 Å². The standard InChI is InChI=1S/C7H11/c1-2-3-4-7-5-6-7/h3-5,7H,2,6H2,1H3. The van der Waals surface area contributed by atoms with Crippen molar-refractivity contribution in [3.05, 3.63) is 18.6 Å². The van der Waals surface area contributed by atoms with Gasteiger partial charge >= 0.3 is 0 Å². The SMILES string of the molecule is CCC=CC1[CH]C1. The van der Waals surface area contributed by atoms with E-state index in [1.54, 1.807) is 0 Å². The molecule has 0 heteroatoms. The lowest BCUT2D eigenvalue weighted by Gasteiger charge is -1.75. The molecular formula is C7H11. The number of hydrogen-bond acceptors (Lipinski definition) is 0. The van der Waals surface area contributed by atoms with Crippen LogP contribution in [-0.4, -0.2) is 0 Å². The zero-order valence-corrected chi connectivity index (χ0v) is 4.72. The Morgan fingerprint density at radius 2 is 2.57 bits per heavy atom. The molecule has 0 heterocycles. The maximum atomic E-state index is 2.31. The fraction of sp³-hybridized carbons (Fsp3) is 0.571. The number of allylic oxidation sites excluding steroid dienone is 2. The van der Waals surface area contributed by atoms with E-state index in [0.29, 0.717) is 0 Å². The van der Waals surface area contributed by atoms with E-state index in [1.807, 2.05) is 0 Å². The van der Waals surface area contributed by atoms with Crippen LogP contribution < -0.4 is 0 Å². The van der Waals surface area contributed by atoms with Gasteiger partial charge in [0.25, 0.3) is 0 Å². The first-order chi connectivity index (χ1) is 3.43. The van der Waals surface area contributed by atoms with Crippen molar-refractivity contribution in [2.45, 2.75) is 19.8 Å². The summed E-state index contributed by atoms with van der Waals surface area (Å²) >= 11 is 0. The second-order valence-electron chi connectivity index (χ2n) is 1.97. The van der Waals surface area contributed by atoms with Gasteiger partial charge in [-0.05, 0) is 25.2 Å². The quantitative estimate of drug-likeness (QED) is 0.461. The molecule has 0 nitrogen and oxygen atoms in total. The molecule has 7 heavy (non-hydrogen) atoms. The number of hydrogen-bond donors (Lipinski definition) is 0. The first-order valence-corrected chi connectivity index (χ1v) is 2.93. The minimum atomic E-state index is 0.847. The van der Waals surface area contributed by atoms with Crippen LogP contribution >= 0.6 is 0 Å². The summed E-state index contributed by atoms with van der Waals surface area (Å²) in [6.07, 6.45) is 9.32. The van der Waals surface area contributed by atoms with Gasteiger partial charge in [-0.15, -0.1) is 0 Å². The molecule has 0 spiro atoms. The van der Waals surface area contributed by atoms with Gasteiger partial charge in [-0.1, -0.05) is 19.1 Å². The van der Waals surface area contributed by atoms with E-state index in [-0.39, 0.29) is 0 Å². The van der Waals surface area contributed by atoms with Gasteiger partial charge in [0.2, 0.25) is 0 Å². The third-order valence-corrected chi connectivity index (χ3v) is 1.13. The van der Waals surface area contributed by atoms with Crippen molar-refractivity contribution in [2.24, 2.45) is 5.92 Å². The Labute approximate surface area is 45.2 Å². The van der Waals surface area contributed by atoms with E-state index in [2.05, 4.69) is 25.5 Å². The molecule has 1 rings (SSSR count). The van der Waals surface area contributed by atoms with Gasteiger partial charge in [0.1, 0.15) is 0 Å². The molecule has 1 radical (unpaired) electrons. The Balaban J connectivity index is 2.05. The highest BCUT2D eigenvalue weighted by Crippen LogP contribution is 2.28. The molecular weight excluding hydrogens is 84.1 g/mol. The Morgan fingerprint density at radius 3 is 3.00 bits per heavy atom. The Bertz CT molecular complexity index is 68.1. The van der Waals surface area contributed by atoms with E-state index >= 15 is 0 Å². The molecule has 39 valence electrons. The molecule has 1 aliphatic rings. The maximum absolute atomic E-state index is 2.31. The average Bonchev–Trinajstić information content (AvgIpc) is 2.42. The highest BCUT2D eigenvalue weighted by atomic mass is 14.2. The highest BCUT2D eigenvalue weighted by molar-refractivity contribution is 5.07. The summed E-state index contributed by atoms with van der Waals surface area (Å²) in [5.41, 5.74) is 0. The first kappa shape index (κ1) is 4.89. The Hall–Kier alpha value is -0.260. The van der Waals surface area contributed by atoms with Crippen LogP contribution in [-0.2, 0) is 0 Å². The van der Waals surface area contributed by atoms with Crippen molar-refractivity contribution < 1.29 is 0 Å². The molecule has 1 atom stereocenters. The zero-order valence-electron chi connectivity index (χ0n) is 4.72. The van der Waals surface area contributed by atoms with Gasteiger partial charge in [0, 0.05) is 0 Å². The van der Waals surface area contributed by atoms with E-state index in [0.717, 1.165) is 5.92 Å². The second-order valence-corrected chi connectivity index (χ2v) is 1.97. The van der Waals surface area contributed by atoms with Crippen LogP contribution in [0, 0.1) is 12.3 Å². The molecule has 1 saturated carbocycles. The van der Waals surface area contributed by atoms with Gasteiger partial charge in [-0.2, -0.15) is 0 Å². The molecule has 0 bridgehead atoms. The minimum Gasteiger partial charge on any atom is -0.0885 e. The summed E-state index contributed by atoms with van der Waals surface area (Å²) < 4.78 is 0. The fourth-order valence-electron chi connectivity index (χ4n) is 0.547. The lowest BCUT2D eigenvalue weighted by atomic mass is 10.3. The maximum Gasteiger partial charge on any atom is -0.0199 e. The molecule has 0 aromatic heterocycles. The molecule has 1 fully saturated rings. The van der Waals surface area contributed by atoms with Gasteiger partial charge in [-0.25, -0.2) is 0 Å². The monoisotopic (exact) mass is 95.1 g/mol. The molecule has 0 N–H and O–H groups in total. The van der Waals surface area contributed by atoms with Crippen LogP contribution in [0.25, 0.3) is 0 Å². The topological polar surface area (TPSA) is 0 Å². The van der Waals surface area contributed by atoms with Crippen molar-refractivity contribution in [1.29, 1.82) is 0 Å². The fourth-order valence-corrected chi connectivity index (χ4v) is 0.547. The highest BCUT2D eigenvalue weighted by Gasteiger charge is 2.16. The predicted molar refractivity (Wildman–Crippen MR) is 31.8 cm³/mol. The third-order valence-electron chi connectivity index (χ3n) is 1.13. The van der Waals surface area contributed by atoms with Crippen molar-refractivity contribution in [3.8, 4) is 0 Å². The van der Waals surface area contributed by atoms with Crippen LogP contribution in [0.2, 0.25) is 0 Å². The lowest BCUT2D eigenvalue weighted by molar-refractivity contribution is 1.12. The van der Waals surface area contributed by atoms with E-state index in [9.17, 15) is 0 Å².